The summed E-state index contributed by atoms with van der Waals surface area (Å²) in [6.45, 7) is 0. The van der Waals surface area contributed by atoms with Crippen LogP contribution in [0.1, 0.15) is 11.3 Å². The molecular formula is C19H13ClN4O. The van der Waals surface area contributed by atoms with Gasteiger partial charge < -0.3 is 0 Å². The Labute approximate surface area is 148 Å². The van der Waals surface area contributed by atoms with Crippen LogP contribution in [0.4, 0.5) is 0 Å². The number of benzene rings is 1. The summed E-state index contributed by atoms with van der Waals surface area (Å²) in [5.41, 5.74) is 2.74. The van der Waals surface area contributed by atoms with Crippen molar-refractivity contribution in [2.45, 2.75) is 0 Å². The maximum absolute atomic E-state index is 12.6. The minimum atomic E-state index is -0.166. The van der Waals surface area contributed by atoms with E-state index in [-0.39, 0.29) is 5.56 Å². The molecule has 0 saturated carbocycles. The second-order valence-electron chi connectivity index (χ2n) is 5.45. The molecule has 0 amide bonds. The van der Waals surface area contributed by atoms with Gasteiger partial charge in [-0.05, 0) is 35.9 Å². The van der Waals surface area contributed by atoms with Crippen LogP contribution in [0.15, 0.2) is 71.9 Å². The maximum Gasteiger partial charge on any atom is 0.273 e. The summed E-state index contributed by atoms with van der Waals surface area (Å²) in [5.74, 6) is 0. The van der Waals surface area contributed by atoms with E-state index in [4.69, 9.17) is 11.6 Å². The van der Waals surface area contributed by atoms with E-state index in [0.717, 1.165) is 11.3 Å². The third-order valence-electron chi connectivity index (χ3n) is 3.72. The van der Waals surface area contributed by atoms with Gasteiger partial charge >= 0.3 is 0 Å². The zero-order chi connectivity index (χ0) is 17.2. The highest BCUT2D eigenvalue weighted by atomic mass is 35.5. The molecule has 4 rings (SSSR count). The number of halogens is 1. The minimum Gasteiger partial charge on any atom is -0.267 e. The van der Waals surface area contributed by atoms with Crippen LogP contribution in [0.25, 0.3) is 23.5 Å². The van der Waals surface area contributed by atoms with Gasteiger partial charge in [0, 0.05) is 35.7 Å². The average molecular weight is 349 g/mol. The molecule has 0 aliphatic carbocycles. The van der Waals surface area contributed by atoms with Gasteiger partial charge in [0.15, 0.2) is 5.65 Å². The van der Waals surface area contributed by atoms with E-state index in [1.54, 1.807) is 47.5 Å². The molecular weight excluding hydrogens is 336 g/mol. The summed E-state index contributed by atoms with van der Waals surface area (Å²) in [7, 11) is 0. The Morgan fingerprint density at radius 1 is 1.04 bits per heavy atom. The highest BCUT2D eigenvalue weighted by Crippen LogP contribution is 2.15. The molecule has 6 heteroatoms. The first-order valence-electron chi connectivity index (χ1n) is 7.66. The molecule has 0 saturated heterocycles. The Morgan fingerprint density at radius 2 is 1.96 bits per heavy atom. The first-order chi connectivity index (χ1) is 12.2. The molecule has 1 aromatic carbocycles. The summed E-state index contributed by atoms with van der Waals surface area (Å²) in [6, 6.07) is 14.4. The van der Waals surface area contributed by atoms with Crippen LogP contribution in [0.3, 0.4) is 0 Å². The zero-order valence-corrected chi connectivity index (χ0v) is 13.8. The van der Waals surface area contributed by atoms with Gasteiger partial charge in [-0.2, -0.15) is 4.52 Å². The molecule has 0 bridgehead atoms. The van der Waals surface area contributed by atoms with Gasteiger partial charge in [-0.15, -0.1) is 0 Å². The van der Waals surface area contributed by atoms with Crippen molar-refractivity contribution in [3.05, 3.63) is 93.8 Å². The number of hydrogen-bond acceptors (Lipinski definition) is 3. The van der Waals surface area contributed by atoms with Crippen LogP contribution in [0.2, 0.25) is 5.02 Å². The lowest BCUT2D eigenvalue weighted by Crippen LogP contribution is -2.19. The van der Waals surface area contributed by atoms with Gasteiger partial charge in [0.1, 0.15) is 0 Å². The molecule has 3 aromatic heterocycles. The fraction of sp³-hybridized carbons (Fsp3) is 0. The van der Waals surface area contributed by atoms with Crippen molar-refractivity contribution in [2.75, 3.05) is 0 Å². The molecule has 5 nitrogen and oxygen atoms in total. The van der Waals surface area contributed by atoms with Crippen LogP contribution in [-0.4, -0.2) is 19.2 Å². The Bertz CT molecular complexity index is 1130. The van der Waals surface area contributed by atoms with E-state index in [9.17, 15) is 4.79 Å². The van der Waals surface area contributed by atoms with Crippen LogP contribution >= 0.6 is 11.6 Å². The smallest absolute Gasteiger partial charge is 0.267 e. The van der Waals surface area contributed by atoms with Crippen LogP contribution < -0.4 is 5.56 Å². The van der Waals surface area contributed by atoms with Gasteiger partial charge in [-0.3, -0.25) is 14.5 Å². The van der Waals surface area contributed by atoms with E-state index in [1.165, 1.54) is 10.6 Å². The largest absolute Gasteiger partial charge is 0.273 e. The highest BCUT2D eigenvalue weighted by Gasteiger charge is 2.07. The second-order valence-corrected chi connectivity index (χ2v) is 5.89. The van der Waals surface area contributed by atoms with Gasteiger partial charge in [-0.25, -0.2) is 4.98 Å². The standard InChI is InChI=1S/C19H13ClN4O/c20-15-4-1-5-17(11-15)23-10-8-18-22-16(12-19(25)24(18)23)7-6-14-3-2-9-21-13-14/h1-13H/b7-6+. The number of fused-ring (bicyclic) bond motifs is 1. The molecule has 122 valence electrons. The van der Waals surface area contributed by atoms with Crippen LogP contribution in [0, 0.1) is 0 Å². The third kappa shape index (κ3) is 3.09. The molecule has 4 aromatic rings. The molecule has 0 aliphatic rings. The Balaban J connectivity index is 1.77. The van der Waals surface area contributed by atoms with Gasteiger partial charge in [0.25, 0.3) is 5.56 Å². The van der Waals surface area contributed by atoms with Crippen LogP contribution in [0.5, 0.6) is 0 Å². The van der Waals surface area contributed by atoms with Crippen molar-refractivity contribution in [3.8, 4) is 5.69 Å². The lowest BCUT2D eigenvalue weighted by molar-refractivity contribution is 0.763. The van der Waals surface area contributed by atoms with Crippen molar-refractivity contribution in [1.82, 2.24) is 19.2 Å². The average Bonchev–Trinajstić information content (AvgIpc) is 3.05. The van der Waals surface area contributed by atoms with Crippen molar-refractivity contribution in [1.29, 1.82) is 0 Å². The summed E-state index contributed by atoms with van der Waals surface area (Å²) < 4.78 is 3.23. The van der Waals surface area contributed by atoms with Crippen molar-refractivity contribution in [3.63, 3.8) is 0 Å². The molecule has 0 aliphatic heterocycles. The van der Waals surface area contributed by atoms with Crippen molar-refractivity contribution in [2.24, 2.45) is 0 Å². The molecule has 0 unspecified atom stereocenters. The first-order valence-corrected chi connectivity index (χ1v) is 8.04. The number of nitrogens with zero attached hydrogens (tertiary/aromatic N) is 4. The number of rotatable bonds is 3. The molecule has 0 radical (unpaired) electrons. The molecule has 0 fully saturated rings. The Hall–Kier alpha value is -3.18. The second kappa shape index (κ2) is 6.37. The quantitative estimate of drug-likeness (QED) is 0.567. The predicted molar refractivity (Wildman–Crippen MR) is 99.0 cm³/mol. The third-order valence-corrected chi connectivity index (χ3v) is 3.96. The van der Waals surface area contributed by atoms with E-state index in [0.29, 0.717) is 16.4 Å². The molecule has 0 atom stereocenters. The fourth-order valence-corrected chi connectivity index (χ4v) is 2.79. The summed E-state index contributed by atoms with van der Waals surface area (Å²) in [5, 5.41) is 0.608. The maximum atomic E-state index is 12.6. The van der Waals surface area contributed by atoms with E-state index < -0.39 is 0 Å². The van der Waals surface area contributed by atoms with E-state index in [2.05, 4.69) is 9.97 Å². The predicted octanol–water partition coefficient (Wildman–Crippen LogP) is 3.70. The zero-order valence-electron chi connectivity index (χ0n) is 13.1. The summed E-state index contributed by atoms with van der Waals surface area (Å²) in [4.78, 5) is 21.2. The van der Waals surface area contributed by atoms with E-state index >= 15 is 0 Å². The lowest BCUT2D eigenvalue weighted by Gasteiger charge is -2.07. The van der Waals surface area contributed by atoms with Gasteiger partial charge in [0.05, 0.1) is 11.4 Å². The number of hydrogen-bond donors (Lipinski definition) is 0. The van der Waals surface area contributed by atoms with E-state index in [1.807, 2.05) is 30.3 Å². The molecule has 0 spiro atoms. The normalized spacial score (nSPS) is 11.4. The van der Waals surface area contributed by atoms with Gasteiger partial charge in [0.2, 0.25) is 0 Å². The number of pyridine rings is 1. The molecule has 3 heterocycles. The Morgan fingerprint density at radius 3 is 2.76 bits per heavy atom. The highest BCUT2D eigenvalue weighted by molar-refractivity contribution is 6.30. The van der Waals surface area contributed by atoms with Crippen molar-refractivity contribution < 1.29 is 0 Å². The number of aromatic nitrogens is 4. The van der Waals surface area contributed by atoms with Crippen LogP contribution in [-0.2, 0) is 0 Å². The minimum absolute atomic E-state index is 0.166. The Kier molecular flexibility index (Phi) is 3.91. The topological polar surface area (TPSA) is 52.2 Å². The van der Waals surface area contributed by atoms with Gasteiger partial charge in [-0.1, -0.05) is 29.8 Å². The summed E-state index contributed by atoms with van der Waals surface area (Å²) >= 11 is 6.05. The fourth-order valence-electron chi connectivity index (χ4n) is 2.60. The summed E-state index contributed by atoms with van der Waals surface area (Å²) in [6.07, 6.45) is 8.93. The molecule has 0 N–H and O–H groups in total. The lowest BCUT2D eigenvalue weighted by atomic mass is 10.2. The monoisotopic (exact) mass is 348 g/mol. The van der Waals surface area contributed by atoms with Crippen molar-refractivity contribution >= 4 is 29.4 Å². The molecule has 25 heavy (non-hydrogen) atoms. The SMILES string of the molecule is O=c1cc(/C=C/c2cccnc2)nc2ccn(-c3cccc(Cl)c3)n12. The first kappa shape index (κ1) is 15.4.